The largest absolute Gasteiger partial charge is 0.397 e. The van der Waals surface area contributed by atoms with Crippen LogP contribution in [0.5, 0.6) is 0 Å². The highest BCUT2D eigenvalue weighted by atomic mass is 35.5. The molecule has 3 nitrogen and oxygen atoms in total. The first kappa shape index (κ1) is 14.9. The molecule has 5 N–H and O–H groups in total. The van der Waals surface area contributed by atoms with Gasteiger partial charge in [-0.1, -0.05) is 12.1 Å². The molecule has 1 aromatic carbocycles. The maximum absolute atomic E-state index is 5.66. The van der Waals surface area contributed by atoms with Crippen LogP contribution in [-0.4, -0.2) is 13.1 Å². The van der Waals surface area contributed by atoms with Crippen molar-refractivity contribution in [2.75, 3.05) is 24.1 Å². The molecule has 1 aromatic rings. The van der Waals surface area contributed by atoms with Gasteiger partial charge < -0.3 is 16.8 Å². The van der Waals surface area contributed by atoms with Gasteiger partial charge in [0.15, 0.2) is 0 Å². The molecule has 1 rings (SSSR count). The molecule has 5 heteroatoms. The van der Waals surface area contributed by atoms with Crippen molar-refractivity contribution in [3.63, 3.8) is 0 Å². The van der Waals surface area contributed by atoms with E-state index in [0.29, 0.717) is 6.54 Å². The van der Waals surface area contributed by atoms with Crippen molar-refractivity contribution in [1.29, 1.82) is 0 Å². The first-order chi connectivity index (χ1) is 5.34. The van der Waals surface area contributed by atoms with Crippen molar-refractivity contribution < 1.29 is 0 Å². The van der Waals surface area contributed by atoms with E-state index >= 15 is 0 Å². The molecular formula is C8H15Cl2N3. The molecule has 0 aliphatic heterocycles. The fourth-order valence-electron chi connectivity index (χ4n) is 0.865. The first-order valence-corrected chi connectivity index (χ1v) is 3.63. The molecule has 76 valence electrons. The second-order valence-electron chi connectivity index (χ2n) is 2.30. The highest BCUT2D eigenvalue weighted by Crippen LogP contribution is 2.15. The Labute approximate surface area is 90.7 Å². The van der Waals surface area contributed by atoms with Gasteiger partial charge in [0.2, 0.25) is 0 Å². The van der Waals surface area contributed by atoms with Crippen LogP contribution < -0.4 is 16.8 Å². The Morgan fingerprint density at radius 2 is 1.77 bits per heavy atom. The van der Waals surface area contributed by atoms with Crippen LogP contribution in [0.1, 0.15) is 0 Å². The summed E-state index contributed by atoms with van der Waals surface area (Å²) in [5, 5.41) is 3.11. The molecule has 0 saturated heterocycles. The number of hydrogen-bond donors (Lipinski definition) is 3. The summed E-state index contributed by atoms with van der Waals surface area (Å²) < 4.78 is 0. The van der Waals surface area contributed by atoms with E-state index in [1.54, 1.807) is 0 Å². The predicted octanol–water partition coefficient (Wildman–Crippen LogP) is 1.48. The lowest BCUT2D eigenvalue weighted by Crippen LogP contribution is -2.13. The van der Waals surface area contributed by atoms with Gasteiger partial charge in [-0.25, -0.2) is 0 Å². The highest BCUT2D eigenvalue weighted by Gasteiger charge is 1.93. The van der Waals surface area contributed by atoms with Gasteiger partial charge in [0.25, 0.3) is 0 Å². The molecular weight excluding hydrogens is 209 g/mol. The summed E-state index contributed by atoms with van der Waals surface area (Å²) in [6.07, 6.45) is 0. The van der Waals surface area contributed by atoms with Crippen LogP contribution in [0, 0.1) is 0 Å². The normalized spacial score (nSPS) is 8.08. The van der Waals surface area contributed by atoms with Crippen LogP contribution in [0.15, 0.2) is 24.3 Å². The van der Waals surface area contributed by atoms with Crippen LogP contribution in [0.2, 0.25) is 0 Å². The molecule has 0 radical (unpaired) electrons. The number of hydrogen-bond acceptors (Lipinski definition) is 3. The van der Waals surface area contributed by atoms with Crippen molar-refractivity contribution in [3.8, 4) is 0 Å². The minimum Gasteiger partial charge on any atom is -0.397 e. The Hall–Kier alpha value is -0.640. The van der Waals surface area contributed by atoms with E-state index in [9.17, 15) is 0 Å². The number of halogens is 2. The summed E-state index contributed by atoms with van der Waals surface area (Å²) in [6.45, 7) is 1.38. The summed E-state index contributed by atoms with van der Waals surface area (Å²) >= 11 is 0. The molecule has 0 aliphatic carbocycles. The topological polar surface area (TPSA) is 64.1 Å². The van der Waals surface area contributed by atoms with Crippen LogP contribution in [0.25, 0.3) is 0 Å². The van der Waals surface area contributed by atoms with Crippen molar-refractivity contribution in [2.45, 2.75) is 0 Å². The third kappa shape index (κ3) is 4.83. The number of para-hydroxylation sites is 2. The maximum Gasteiger partial charge on any atom is 0.0574 e. The van der Waals surface area contributed by atoms with Crippen LogP contribution in [0.3, 0.4) is 0 Å². The lowest BCUT2D eigenvalue weighted by molar-refractivity contribution is 1.03. The van der Waals surface area contributed by atoms with Crippen molar-refractivity contribution in [2.24, 2.45) is 5.73 Å². The molecule has 0 saturated carbocycles. The number of nitrogens with one attached hydrogen (secondary N) is 1. The lowest BCUT2D eigenvalue weighted by atomic mass is 10.3. The number of anilines is 2. The maximum atomic E-state index is 5.66. The van der Waals surface area contributed by atoms with E-state index in [1.807, 2.05) is 24.3 Å². The lowest BCUT2D eigenvalue weighted by Gasteiger charge is -2.06. The number of nitrogens with two attached hydrogens (primary N) is 2. The molecule has 13 heavy (non-hydrogen) atoms. The van der Waals surface area contributed by atoms with Gasteiger partial charge in [-0.3, -0.25) is 0 Å². The monoisotopic (exact) mass is 223 g/mol. The fraction of sp³-hybridized carbons (Fsp3) is 0.250. The minimum atomic E-state index is 0. The van der Waals surface area contributed by atoms with Gasteiger partial charge >= 0.3 is 0 Å². The third-order valence-electron chi connectivity index (χ3n) is 1.42. The van der Waals surface area contributed by atoms with Gasteiger partial charge in [0, 0.05) is 13.1 Å². The average molecular weight is 224 g/mol. The minimum absolute atomic E-state index is 0. The molecule has 0 unspecified atom stereocenters. The Balaban J connectivity index is 0. The van der Waals surface area contributed by atoms with Crippen LogP contribution in [-0.2, 0) is 0 Å². The van der Waals surface area contributed by atoms with E-state index < -0.39 is 0 Å². The van der Waals surface area contributed by atoms with E-state index in [2.05, 4.69) is 5.32 Å². The summed E-state index contributed by atoms with van der Waals surface area (Å²) in [5.41, 5.74) is 12.7. The predicted molar refractivity (Wildman–Crippen MR) is 62.9 cm³/mol. The van der Waals surface area contributed by atoms with Gasteiger partial charge in [-0.05, 0) is 12.1 Å². The molecule has 0 spiro atoms. The summed E-state index contributed by atoms with van der Waals surface area (Å²) in [6, 6.07) is 7.64. The molecule has 0 atom stereocenters. The Kier molecular flexibility index (Phi) is 9.12. The zero-order chi connectivity index (χ0) is 8.10. The van der Waals surface area contributed by atoms with Gasteiger partial charge in [-0.2, -0.15) is 0 Å². The van der Waals surface area contributed by atoms with E-state index in [1.165, 1.54) is 0 Å². The molecule has 0 heterocycles. The number of nitrogen functional groups attached to an aromatic ring is 1. The highest BCUT2D eigenvalue weighted by molar-refractivity contribution is 5.85. The number of benzene rings is 1. The molecule has 0 bridgehead atoms. The van der Waals surface area contributed by atoms with E-state index in [4.69, 9.17) is 11.5 Å². The van der Waals surface area contributed by atoms with Crippen molar-refractivity contribution in [3.05, 3.63) is 24.3 Å². The van der Waals surface area contributed by atoms with Crippen molar-refractivity contribution >= 4 is 36.2 Å². The average Bonchev–Trinajstić information content (AvgIpc) is 2.03. The molecule has 0 aliphatic rings. The Morgan fingerprint density at radius 1 is 1.15 bits per heavy atom. The molecule has 0 fully saturated rings. The standard InChI is InChI=1S/C8H13N3.2ClH/c9-5-6-11-8-4-2-1-3-7(8)10;;/h1-4,11H,5-6,9-10H2;2*1H. The van der Waals surface area contributed by atoms with Gasteiger partial charge in [0.05, 0.1) is 11.4 Å². The SMILES string of the molecule is Cl.Cl.NCCNc1ccccc1N. The second-order valence-corrected chi connectivity index (χ2v) is 2.30. The van der Waals surface area contributed by atoms with Crippen LogP contribution in [0.4, 0.5) is 11.4 Å². The zero-order valence-electron chi connectivity index (χ0n) is 7.19. The first-order valence-electron chi connectivity index (χ1n) is 3.63. The van der Waals surface area contributed by atoms with Gasteiger partial charge in [0.1, 0.15) is 0 Å². The Bertz CT molecular complexity index is 230. The second kappa shape index (κ2) is 7.98. The smallest absolute Gasteiger partial charge is 0.0574 e. The number of rotatable bonds is 3. The summed E-state index contributed by atoms with van der Waals surface area (Å²) in [7, 11) is 0. The van der Waals surface area contributed by atoms with Crippen LogP contribution >= 0.6 is 24.8 Å². The summed E-state index contributed by atoms with van der Waals surface area (Å²) in [5.74, 6) is 0. The fourth-order valence-corrected chi connectivity index (χ4v) is 0.865. The molecule has 0 aromatic heterocycles. The third-order valence-corrected chi connectivity index (χ3v) is 1.42. The van der Waals surface area contributed by atoms with E-state index in [0.717, 1.165) is 17.9 Å². The quantitative estimate of drug-likeness (QED) is 0.681. The van der Waals surface area contributed by atoms with Gasteiger partial charge in [-0.15, -0.1) is 24.8 Å². The van der Waals surface area contributed by atoms with E-state index in [-0.39, 0.29) is 24.8 Å². The zero-order valence-corrected chi connectivity index (χ0v) is 8.83. The van der Waals surface area contributed by atoms with Crippen molar-refractivity contribution in [1.82, 2.24) is 0 Å². The Morgan fingerprint density at radius 3 is 2.31 bits per heavy atom. The summed E-state index contributed by atoms with van der Waals surface area (Å²) in [4.78, 5) is 0. The molecule has 0 amide bonds.